The van der Waals surface area contributed by atoms with Gasteiger partial charge in [-0.2, -0.15) is 0 Å². The van der Waals surface area contributed by atoms with Gasteiger partial charge in [0.2, 0.25) is 0 Å². The van der Waals surface area contributed by atoms with Gasteiger partial charge in [-0.3, -0.25) is 24.3 Å². The van der Waals surface area contributed by atoms with Crippen molar-refractivity contribution in [3.8, 4) is 17.0 Å². The fraction of sp³-hybridized carbons (Fsp3) is 0.311. The van der Waals surface area contributed by atoms with Crippen LogP contribution in [0.25, 0.3) is 22.3 Å². The molecule has 2 amide bonds. The Labute approximate surface area is 337 Å². The van der Waals surface area contributed by atoms with Crippen LogP contribution in [0.5, 0.6) is 5.75 Å². The summed E-state index contributed by atoms with van der Waals surface area (Å²) in [5.74, 6) is -0.247. The number of hydrogen-bond acceptors (Lipinski definition) is 7. The van der Waals surface area contributed by atoms with Gasteiger partial charge in [-0.1, -0.05) is 35.9 Å². The van der Waals surface area contributed by atoms with Crippen molar-refractivity contribution in [3.05, 3.63) is 130 Å². The number of morpholine rings is 1. The van der Waals surface area contributed by atoms with E-state index in [9.17, 15) is 9.90 Å². The van der Waals surface area contributed by atoms with Gasteiger partial charge in [-0.25, -0.2) is 4.98 Å². The standard InChI is InChI=1S/C45H46ClN7O4/c1-29-40(45(56)53(34-9-11-38(54)12-10-34)35-21-31-14-15-48(2)43(31)47-24-35)23-42(49(29)3)41-22-33(46)8-13-39(41)44(55)52-25-32-7-5-4-6-30(32)20-36(52)26-50-16-17-51-18-19-57-28-37(51)27-50/h4-15,21-24,36-37,54H,16-20,25-28H2,1-3H3/t36-,37-/m0/s1. The fourth-order valence-corrected chi connectivity index (χ4v) is 9.05. The van der Waals surface area contributed by atoms with Crippen molar-refractivity contribution < 1.29 is 19.4 Å². The van der Waals surface area contributed by atoms with E-state index >= 15 is 4.79 Å². The summed E-state index contributed by atoms with van der Waals surface area (Å²) in [7, 11) is 3.84. The number of nitrogens with zero attached hydrogens (tertiary/aromatic N) is 7. The number of aromatic nitrogens is 3. The highest BCUT2D eigenvalue weighted by atomic mass is 35.5. The lowest BCUT2D eigenvalue weighted by atomic mass is 9.92. The minimum Gasteiger partial charge on any atom is -0.508 e. The van der Waals surface area contributed by atoms with Crippen molar-refractivity contribution in [1.29, 1.82) is 0 Å². The Bertz CT molecular complexity index is 2490. The second-order valence-electron chi connectivity index (χ2n) is 15.6. The van der Waals surface area contributed by atoms with Gasteiger partial charge in [0.1, 0.15) is 11.4 Å². The van der Waals surface area contributed by atoms with Crippen LogP contribution in [0.3, 0.4) is 0 Å². The van der Waals surface area contributed by atoms with Crippen LogP contribution in [0.1, 0.15) is 37.5 Å². The topological polar surface area (TPSA) is 99.3 Å². The van der Waals surface area contributed by atoms with Gasteiger partial charge in [0, 0.05) is 110 Å². The molecule has 0 spiro atoms. The molecule has 6 aromatic rings. The van der Waals surface area contributed by atoms with E-state index in [1.165, 1.54) is 5.56 Å². The first-order valence-electron chi connectivity index (χ1n) is 19.6. The molecule has 292 valence electrons. The number of aryl methyl sites for hydroxylation is 1. The zero-order chi connectivity index (χ0) is 39.4. The molecule has 3 aromatic heterocycles. The van der Waals surface area contributed by atoms with Gasteiger partial charge in [-0.05, 0) is 85.1 Å². The molecule has 0 bridgehead atoms. The summed E-state index contributed by atoms with van der Waals surface area (Å²) < 4.78 is 9.72. The van der Waals surface area contributed by atoms with E-state index in [0.717, 1.165) is 74.6 Å². The maximum atomic E-state index is 15.1. The van der Waals surface area contributed by atoms with E-state index < -0.39 is 0 Å². The van der Waals surface area contributed by atoms with Crippen molar-refractivity contribution in [2.24, 2.45) is 14.1 Å². The van der Waals surface area contributed by atoms with E-state index in [1.54, 1.807) is 41.4 Å². The Morgan fingerprint density at radius 2 is 1.74 bits per heavy atom. The number of pyridine rings is 1. The molecule has 3 aromatic carbocycles. The van der Waals surface area contributed by atoms with E-state index in [0.29, 0.717) is 51.4 Å². The SMILES string of the molecule is Cc1c(C(=O)N(c2ccc(O)cc2)c2cnc3c(ccn3C)c2)cc(-c2cc(Cl)ccc2C(=O)N2Cc3ccccc3C[C@H]2CN2CCN3CCOC[C@@H]3C2)n1C. The number of anilines is 2. The summed E-state index contributed by atoms with van der Waals surface area (Å²) in [6, 6.07) is 26.5. The third-order valence-electron chi connectivity index (χ3n) is 12.1. The number of ether oxygens (including phenoxy) is 1. The van der Waals surface area contributed by atoms with Crippen molar-refractivity contribution in [2.45, 2.75) is 32.0 Å². The number of rotatable bonds is 7. The van der Waals surface area contributed by atoms with Gasteiger partial charge in [0.25, 0.3) is 11.8 Å². The van der Waals surface area contributed by atoms with Gasteiger partial charge < -0.3 is 23.9 Å². The quantitative estimate of drug-likeness (QED) is 0.190. The Morgan fingerprint density at radius 3 is 2.56 bits per heavy atom. The van der Waals surface area contributed by atoms with Crippen LogP contribution >= 0.6 is 11.6 Å². The Hall–Kier alpha value is -5.46. The molecule has 0 unspecified atom stereocenters. The van der Waals surface area contributed by atoms with Crippen LogP contribution in [0.15, 0.2) is 97.3 Å². The Morgan fingerprint density at radius 1 is 0.930 bits per heavy atom. The van der Waals surface area contributed by atoms with Crippen molar-refractivity contribution in [2.75, 3.05) is 50.8 Å². The molecule has 0 saturated carbocycles. The maximum Gasteiger partial charge on any atom is 0.264 e. The summed E-state index contributed by atoms with van der Waals surface area (Å²) in [4.78, 5) is 43.3. The number of phenolic OH excluding ortho intramolecular Hbond substituents is 1. The average molecular weight is 784 g/mol. The van der Waals surface area contributed by atoms with E-state index in [4.69, 9.17) is 16.3 Å². The van der Waals surface area contributed by atoms with Crippen LogP contribution in [-0.2, 0) is 31.8 Å². The lowest BCUT2D eigenvalue weighted by Gasteiger charge is -2.46. The normalized spacial score (nSPS) is 18.7. The highest BCUT2D eigenvalue weighted by Gasteiger charge is 2.36. The number of amides is 2. The van der Waals surface area contributed by atoms with Crippen LogP contribution in [0.4, 0.5) is 11.4 Å². The zero-order valence-electron chi connectivity index (χ0n) is 32.4. The first-order valence-corrected chi connectivity index (χ1v) is 19.9. The van der Waals surface area contributed by atoms with Crippen molar-refractivity contribution >= 4 is 45.8 Å². The molecule has 2 atom stereocenters. The lowest BCUT2D eigenvalue weighted by molar-refractivity contribution is -0.0485. The minimum absolute atomic E-state index is 0.0336. The van der Waals surface area contributed by atoms with Gasteiger partial charge in [-0.15, -0.1) is 0 Å². The third-order valence-corrected chi connectivity index (χ3v) is 12.4. The van der Waals surface area contributed by atoms with E-state index in [1.807, 2.05) is 77.6 Å². The molecule has 0 aliphatic carbocycles. The molecule has 3 aliphatic rings. The van der Waals surface area contributed by atoms with Crippen LogP contribution in [0, 0.1) is 6.92 Å². The number of hydrogen-bond donors (Lipinski definition) is 1. The molecule has 9 rings (SSSR count). The number of aromatic hydroxyl groups is 1. The molecule has 0 radical (unpaired) electrons. The number of piperazine rings is 1. The van der Waals surface area contributed by atoms with Crippen molar-refractivity contribution in [3.63, 3.8) is 0 Å². The second kappa shape index (κ2) is 15.1. The van der Waals surface area contributed by atoms with Gasteiger partial charge in [0.05, 0.1) is 30.7 Å². The van der Waals surface area contributed by atoms with Gasteiger partial charge >= 0.3 is 0 Å². The van der Waals surface area contributed by atoms with E-state index in [2.05, 4.69) is 33.0 Å². The molecule has 11 nitrogen and oxygen atoms in total. The molecule has 12 heteroatoms. The summed E-state index contributed by atoms with van der Waals surface area (Å²) in [6.45, 7) is 8.57. The lowest BCUT2D eigenvalue weighted by Crippen LogP contribution is -2.60. The van der Waals surface area contributed by atoms with E-state index in [-0.39, 0.29) is 23.6 Å². The summed E-state index contributed by atoms with van der Waals surface area (Å²) in [5.41, 5.74) is 7.47. The molecule has 6 heterocycles. The molecule has 1 N–H and O–H groups in total. The maximum absolute atomic E-state index is 15.1. The third kappa shape index (κ3) is 6.99. The smallest absolute Gasteiger partial charge is 0.264 e. The second-order valence-corrected chi connectivity index (χ2v) is 16.0. The summed E-state index contributed by atoms with van der Waals surface area (Å²) in [6.07, 6.45) is 4.39. The van der Waals surface area contributed by atoms with Crippen LogP contribution in [0.2, 0.25) is 5.02 Å². The zero-order valence-corrected chi connectivity index (χ0v) is 33.2. The number of carbonyl (C=O) groups excluding carboxylic acids is 2. The highest BCUT2D eigenvalue weighted by Crippen LogP contribution is 2.36. The minimum atomic E-state index is -0.275. The number of benzene rings is 3. The molecule has 3 aliphatic heterocycles. The number of phenols is 1. The van der Waals surface area contributed by atoms with Crippen LogP contribution in [-0.4, -0.2) is 104 Å². The predicted molar refractivity (Wildman–Crippen MR) is 222 cm³/mol. The summed E-state index contributed by atoms with van der Waals surface area (Å²) >= 11 is 6.71. The fourth-order valence-electron chi connectivity index (χ4n) is 8.88. The molecular formula is C45H46ClN7O4. The molecular weight excluding hydrogens is 738 g/mol. The highest BCUT2D eigenvalue weighted by molar-refractivity contribution is 6.31. The first-order chi connectivity index (χ1) is 27.6. The monoisotopic (exact) mass is 783 g/mol. The largest absolute Gasteiger partial charge is 0.508 e. The predicted octanol–water partition coefficient (Wildman–Crippen LogP) is 6.81. The number of fused-ring (bicyclic) bond motifs is 3. The number of halogens is 1. The Balaban J connectivity index is 1.07. The molecule has 2 saturated heterocycles. The van der Waals surface area contributed by atoms with Crippen molar-refractivity contribution in [1.82, 2.24) is 28.8 Å². The molecule has 2 fully saturated rings. The number of carbonyl (C=O) groups is 2. The Kier molecular flexibility index (Phi) is 9.86. The molecule has 57 heavy (non-hydrogen) atoms. The van der Waals surface area contributed by atoms with Gasteiger partial charge in [0.15, 0.2) is 0 Å². The summed E-state index contributed by atoms with van der Waals surface area (Å²) in [5, 5.41) is 11.5. The van der Waals surface area contributed by atoms with Crippen LogP contribution < -0.4 is 4.90 Å². The first kappa shape index (κ1) is 37.1. The average Bonchev–Trinajstić information content (AvgIpc) is 3.75.